The Morgan fingerprint density at radius 2 is 1.68 bits per heavy atom. The van der Waals surface area contributed by atoms with Crippen molar-refractivity contribution in [1.82, 2.24) is 4.31 Å². The molecule has 1 fully saturated rings. The van der Waals surface area contributed by atoms with Crippen molar-refractivity contribution < 1.29 is 8.42 Å². The summed E-state index contributed by atoms with van der Waals surface area (Å²) in [6, 6.07) is 6.78. The van der Waals surface area contributed by atoms with Gasteiger partial charge in [0.25, 0.3) is 0 Å². The highest BCUT2D eigenvalue weighted by Crippen LogP contribution is 2.40. The molecule has 22 heavy (non-hydrogen) atoms. The molecule has 1 saturated heterocycles. The summed E-state index contributed by atoms with van der Waals surface area (Å²) in [7, 11) is -3.54. The fraction of sp³-hybridized carbons (Fsp3) is 0.571. The summed E-state index contributed by atoms with van der Waals surface area (Å²) >= 11 is 23.5. The number of hydrogen-bond donors (Lipinski definition) is 0. The zero-order valence-electron chi connectivity index (χ0n) is 12.0. The summed E-state index contributed by atoms with van der Waals surface area (Å²) in [5, 5.41) is 0. The van der Waals surface area contributed by atoms with Gasteiger partial charge in [-0.15, -0.1) is 11.6 Å². The van der Waals surface area contributed by atoms with E-state index in [0.29, 0.717) is 19.0 Å². The van der Waals surface area contributed by atoms with Gasteiger partial charge in [-0.2, -0.15) is 4.31 Å². The van der Waals surface area contributed by atoms with Crippen LogP contribution >= 0.6 is 46.4 Å². The fourth-order valence-corrected chi connectivity index (χ4v) is 5.15. The van der Waals surface area contributed by atoms with E-state index in [2.05, 4.69) is 0 Å². The van der Waals surface area contributed by atoms with Gasteiger partial charge in [-0.3, -0.25) is 0 Å². The van der Waals surface area contributed by atoms with Gasteiger partial charge in [0, 0.05) is 19.0 Å². The molecule has 1 aromatic rings. The third kappa shape index (κ3) is 4.43. The third-order valence-electron chi connectivity index (χ3n) is 3.89. The molecule has 2 unspecified atom stereocenters. The largest absolute Gasteiger partial charge is 0.243 e. The Balaban J connectivity index is 2.21. The van der Waals surface area contributed by atoms with Gasteiger partial charge < -0.3 is 0 Å². The monoisotopic (exact) mass is 403 g/mol. The van der Waals surface area contributed by atoms with Crippen molar-refractivity contribution in [3.8, 4) is 0 Å². The molecule has 0 N–H and O–H groups in total. The van der Waals surface area contributed by atoms with Crippen LogP contribution in [0.2, 0.25) is 0 Å². The van der Waals surface area contributed by atoms with Crippen LogP contribution in [0.3, 0.4) is 0 Å². The van der Waals surface area contributed by atoms with E-state index in [9.17, 15) is 8.42 Å². The topological polar surface area (TPSA) is 37.4 Å². The summed E-state index contributed by atoms with van der Waals surface area (Å²) in [6.07, 6.45) is 0.287. The lowest BCUT2D eigenvalue weighted by molar-refractivity contribution is 0.425. The molecule has 1 aromatic carbocycles. The molecule has 1 heterocycles. The molecule has 0 spiro atoms. The van der Waals surface area contributed by atoms with Crippen LogP contribution in [0.4, 0.5) is 0 Å². The number of sulfonamides is 1. The van der Waals surface area contributed by atoms with Gasteiger partial charge in [-0.05, 0) is 37.3 Å². The van der Waals surface area contributed by atoms with Crippen molar-refractivity contribution in [3.63, 3.8) is 0 Å². The average Bonchev–Trinajstić information content (AvgIpc) is 2.80. The van der Waals surface area contributed by atoms with Crippen molar-refractivity contribution in [2.24, 2.45) is 11.8 Å². The van der Waals surface area contributed by atoms with E-state index in [-0.39, 0.29) is 23.2 Å². The second-order valence-corrected chi connectivity index (χ2v) is 10.4. The SMILES string of the molecule is Cc1ccc(S(=O)(=O)N2CC(CCl)C(CC(Cl)(Cl)Cl)C2)cc1. The minimum absolute atomic E-state index is 0.0162. The van der Waals surface area contributed by atoms with Crippen LogP contribution in [0.15, 0.2) is 29.2 Å². The zero-order chi connectivity index (χ0) is 16.5. The first kappa shape index (κ1) is 18.6. The van der Waals surface area contributed by atoms with Crippen molar-refractivity contribution in [1.29, 1.82) is 0 Å². The molecule has 0 bridgehead atoms. The van der Waals surface area contributed by atoms with E-state index in [1.165, 1.54) is 4.31 Å². The Bertz CT molecular complexity index is 613. The van der Waals surface area contributed by atoms with Gasteiger partial charge in [0.05, 0.1) is 4.90 Å². The summed E-state index contributed by atoms with van der Waals surface area (Å²) in [6.45, 7) is 2.58. The summed E-state index contributed by atoms with van der Waals surface area (Å²) < 4.78 is 25.4. The highest BCUT2D eigenvalue weighted by Gasteiger charge is 2.41. The van der Waals surface area contributed by atoms with Crippen LogP contribution in [0, 0.1) is 18.8 Å². The number of aryl methyl sites for hydroxylation is 1. The van der Waals surface area contributed by atoms with Crippen molar-refractivity contribution in [3.05, 3.63) is 29.8 Å². The molecule has 2 rings (SSSR count). The molecular formula is C14H17Cl4NO2S. The Hall–Kier alpha value is 0.290. The average molecular weight is 405 g/mol. The van der Waals surface area contributed by atoms with Gasteiger partial charge in [-0.1, -0.05) is 52.5 Å². The van der Waals surface area contributed by atoms with Crippen LogP contribution in [0.5, 0.6) is 0 Å². The van der Waals surface area contributed by atoms with Crippen LogP contribution < -0.4 is 0 Å². The molecule has 0 amide bonds. The van der Waals surface area contributed by atoms with Crippen LogP contribution in [0.25, 0.3) is 0 Å². The highest BCUT2D eigenvalue weighted by atomic mass is 35.6. The summed E-state index contributed by atoms with van der Waals surface area (Å²) in [4.78, 5) is 0.279. The van der Waals surface area contributed by atoms with Gasteiger partial charge in [0.15, 0.2) is 3.79 Å². The maximum atomic E-state index is 12.7. The van der Waals surface area contributed by atoms with Gasteiger partial charge >= 0.3 is 0 Å². The minimum atomic E-state index is -3.54. The molecule has 0 aromatic heterocycles. The number of nitrogens with zero attached hydrogens (tertiary/aromatic N) is 1. The molecular weight excluding hydrogens is 388 g/mol. The van der Waals surface area contributed by atoms with Crippen molar-refractivity contribution in [2.75, 3.05) is 19.0 Å². The highest BCUT2D eigenvalue weighted by molar-refractivity contribution is 7.89. The van der Waals surface area contributed by atoms with E-state index in [1.807, 2.05) is 6.92 Å². The molecule has 1 aliphatic heterocycles. The van der Waals surface area contributed by atoms with E-state index < -0.39 is 13.8 Å². The van der Waals surface area contributed by atoms with E-state index in [0.717, 1.165) is 5.56 Å². The second-order valence-electron chi connectivity index (χ2n) is 5.63. The molecule has 1 aliphatic rings. The molecule has 8 heteroatoms. The van der Waals surface area contributed by atoms with E-state index >= 15 is 0 Å². The lowest BCUT2D eigenvalue weighted by atomic mass is 9.95. The Labute approximate surface area is 151 Å². The number of alkyl halides is 4. The summed E-state index contributed by atoms with van der Waals surface area (Å²) in [5.41, 5.74) is 1.01. The molecule has 2 atom stereocenters. The number of hydrogen-bond acceptors (Lipinski definition) is 2. The molecule has 3 nitrogen and oxygen atoms in total. The van der Waals surface area contributed by atoms with Gasteiger partial charge in [-0.25, -0.2) is 8.42 Å². The van der Waals surface area contributed by atoms with Crippen LogP contribution in [-0.4, -0.2) is 35.5 Å². The lowest BCUT2D eigenvalue weighted by Crippen LogP contribution is -2.29. The Morgan fingerprint density at radius 3 is 2.18 bits per heavy atom. The van der Waals surface area contributed by atoms with Crippen LogP contribution in [-0.2, 0) is 10.0 Å². The number of halogens is 4. The first-order chi connectivity index (χ1) is 10.1. The minimum Gasteiger partial charge on any atom is -0.207 e. The fourth-order valence-electron chi connectivity index (χ4n) is 2.65. The zero-order valence-corrected chi connectivity index (χ0v) is 15.8. The normalized spacial score (nSPS) is 23.9. The molecule has 0 aliphatic carbocycles. The van der Waals surface area contributed by atoms with E-state index in [1.54, 1.807) is 24.3 Å². The maximum Gasteiger partial charge on any atom is 0.243 e. The number of benzene rings is 1. The van der Waals surface area contributed by atoms with E-state index in [4.69, 9.17) is 46.4 Å². The molecule has 0 saturated carbocycles. The van der Waals surface area contributed by atoms with Crippen molar-refractivity contribution in [2.45, 2.75) is 22.0 Å². The summed E-state index contributed by atoms with van der Waals surface area (Å²) in [5.74, 6) is 0.258. The standard InChI is InChI=1S/C14H17Cl4NO2S/c1-10-2-4-13(5-3-10)22(20,21)19-8-11(6-14(16,17)18)12(7-15)9-19/h2-5,11-12H,6-9H2,1H3. The van der Waals surface area contributed by atoms with Crippen LogP contribution in [0.1, 0.15) is 12.0 Å². The van der Waals surface area contributed by atoms with Gasteiger partial charge in [0.1, 0.15) is 0 Å². The van der Waals surface area contributed by atoms with Gasteiger partial charge in [0.2, 0.25) is 10.0 Å². The quantitative estimate of drug-likeness (QED) is 0.704. The lowest BCUT2D eigenvalue weighted by Gasteiger charge is -2.20. The molecule has 124 valence electrons. The predicted octanol–water partition coefficient (Wildman–Crippen LogP) is 4.23. The predicted molar refractivity (Wildman–Crippen MR) is 92.5 cm³/mol. The second kappa shape index (κ2) is 7.04. The first-order valence-corrected chi connectivity index (χ1v) is 9.94. The number of rotatable bonds is 4. The first-order valence-electron chi connectivity index (χ1n) is 6.83. The smallest absolute Gasteiger partial charge is 0.207 e. The Kier molecular flexibility index (Phi) is 5.96. The maximum absolute atomic E-state index is 12.7. The third-order valence-corrected chi connectivity index (χ3v) is 6.60. The Morgan fingerprint density at radius 1 is 1.14 bits per heavy atom. The molecule has 0 radical (unpaired) electrons. The van der Waals surface area contributed by atoms with Crippen molar-refractivity contribution >= 4 is 56.4 Å².